The largest absolute Gasteiger partial charge is 0.324 e. The average Bonchev–Trinajstić information content (AvgIpc) is 2.05. The Kier molecular flexibility index (Phi) is 2.60. The highest BCUT2D eigenvalue weighted by Gasteiger charge is 2.01. The topological polar surface area (TPSA) is 38.9 Å². The van der Waals surface area contributed by atoms with E-state index < -0.39 is 0 Å². The van der Waals surface area contributed by atoms with Crippen LogP contribution in [0.4, 0.5) is 0 Å². The summed E-state index contributed by atoms with van der Waals surface area (Å²) in [5, 5.41) is 0. The molecule has 0 radical (unpaired) electrons. The summed E-state index contributed by atoms with van der Waals surface area (Å²) in [5.41, 5.74) is 7.97. The van der Waals surface area contributed by atoms with Crippen LogP contribution in [0.15, 0.2) is 18.3 Å². The van der Waals surface area contributed by atoms with E-state index in [9.17, 15) is 0 Å². The Morgan fingerprint density at radius 2 is 2.27 bits per heavy atom. The van der Waals surface area contributed by atoms with Gasteiger partial charge in [0.15, 0.2) is 0 Å². The average molecular weight is 150 g/mol. The SMILES string of the molecule is CC[C@H](N)c1ccc(C)nc1. The summed E-state index contributed by atoms with van der Waals surface area (Å²) >= 11 is 0. The molecule has 0 saturated carbocycles. The maximum absolute atomic E-state index is 5.80. The predicted octanol–water partition coefficient (Wildman–Crippen LogP) is 1.80. The van der Waals surface area contributed by atoms with E-state index in [0.29, 0.717) is 0 Å². The zero-order valence-corrected chi connectivity index (χ0v) is 7.04. The van der Waals surface area contributed by atoms with E-state index in [2.05, 4.69) is 11.9 Å². The van der Waals surface area contributed by atoms with Crippen molar-refractivity contribution in [3.8, 4) is 0 Å². The third-order valence-electron chi connectivity index (χ3n) is 1.80. The number of nitrogens with zero attached hydrogens (tertiary/aromatic N) is 1. The van der Waals surface area contributed by atoms with Gasteiger partial charge in [0.05, 0.1) is 0 Å². The molecule has 0 bridgehead atoms. The van der Waals surface area contributed by atoms with Gasteiger partial charge in [0.25, 0.3) is 0 Å². The van der Waals surface area contributed by atoms with E-state index in [4.69, 9.17) is 5.73 Å². The summed E-state index contributed by atoms with van der Waals surface area (Å²) in [6.07, 6.45) is 2.81. The third-order valence-corrected chi connectivity index (χ3v) is 1.80. The molecule has 2 heteroatoms. The molecule has 0 aromatic carbocycles. The van der Waals surface area contributed by atoms with Crippen molar-refractivity contribution in [2.75, 3.05) is 0 Å². The number of aromatic nitrogens is 1. The van der Waals surface area contributed by atoms with Crippen molar-refractivity contribution in [1.29, 1.82) is 0 Å². The molecule has 0 amide bonds. The zero-order valence-electron chi connectivity index (χ0n) is 7.04. The second kappa shape index (κ2) is 3.49. The molecule has 1 atom stereocenters. The molecule has 2 N–H and O–H groups in total. The van der Waals surface area contributed by atoms with Gasteiger partial charge in [0, 0.05) is 17.9 Å². The van der Waals surface area contributed by atoms with Crippen molar-refractivity contribution in [3.63, 3.8) is 0 Å². The van der Waals surface area contributed by atoms with Crippen molar-refractivity contribution < 1.29 is 0 Å². The molecule has 0 aliphatic carbocycles. The molecule has 60 valence electrons. The Hall–Kier alpha value is -0.890. The van der Waals surface area contributed by atoms with Gasteiger partial charge < -0.3 is 5.73 Å². The Bertz CT molecular complexity index is 216. The highest BCUT2D eigenvalue weighted by molar-refractivity contribution is 5.16. The summed E-state index contributed by atoms with van der Waals surface area (Å²) in [6, 6.07) is 4.17. The van der Waals surface area contributed by atoms with E-state index in [1.54, 1.807) is 0 Å². The number of pyridine rings is 1. The lowest BCUT2D eigenvalue weighted by Crippen LogP contribution is -2.08. The van der Waals surface area contributed by atoms with Crippen LogP contribution in [0.2, 0.25) is 0 Å². The molecular formula is C9H14N2. The van der Waals surface area contributed by atoms with E-state index in [1.807, 2.05) is 25.3 Å². The van der Waals surface area contributed by atoms with Gasteiger partial charge in [0.2, 0.25) is 0 Å². The Morgan fingerprint density at radius 3 is 2.73 bits per heavy atom. The number of hydrogen-bond donors (Lipinski definition) is 1. The van der Waals surface area contributed by atoms with Crippen LogP contribution in [0.25, 0.3) is 0 Å². The first-order chi connectivity index (χ1) is 5.24. The van der Waals surface area contributed by atoms with Crippen LogP contribution < -0.4 is 5.73 Å². The van der Waals surface area contributed by atoms with Gasteiger partial charge in [0.1, 0.15) is 0 Å². The van der Waals surface area contributed by atoms with Gasteiger partial charge in [-0.25, -0.2) is 0 Å². The Labute approximate surface area is 67.5 Å². The van der Waals surface area contributed by atoms with Crippen LogP contribution in [0.5, 0.6) is 0 Å². The molecule has 1 aromatic heterocycles. The minimum absolute atomic E-state index is 0.142. The molecule has 0 saturated heterocycles. The van der Waals surface area contributed by atoms with Crippen LogP contribution in [-0.2, 0) is 0 Å². The van der Waals surface area contributed by atoms with Crippen LogP contribution >= 0.6 is 0 Å². The molecule has 0 aliphatic rings. The number of rotatable bonds is 2. The smallest absolute Gasteiger partial charge is 0.0372 e. The van der Waals surface area contributed by atoms with Gasteiger partial charge in [-0.15, -0.1) is 0 Å². The summed E-state index contributed by atoms with van der Waals surface area (Å²) in [4.78, 5) is 4.17. The Balaban J connectivity index is 2.81. The highest BCUT2D eigenvalue weighted by atomic mass is 14.7. The maximum Gasteiger partial charge on any atom is 0.0372 e. The summed E-state index contributed by atoms with van der Waals surface area (Å²) in [5.74, 6) is 0. The number of hydrogen-bond acceptors (Lipinski definition) is 2. The molecule has 0 spiro atoms. The van der Waals surface area contributed by atoms with Crippen molar-refractivity contribution in [2.45, 2.75) is 26.3 Å². The molecule has 1 rings (SSSR count). The summed E-state index contributed by atoms with van der Waals surface area (Å²) in [6.45, 7) is 4.05. The molecule has 0 unspecified atom stereocenters. The second-order valence-electron chi connectivity index (χ2n) is 2.75. The summed E-state index contributed by atoms with van der Waals surface area (Å²) in [7, 11) is 0. The molecule has 11 heavy (non-hydrogen) atoms. The van der Waals surface area contributed by atoms with E-state index in [1.165, 1.54) is 0 Å². The lowest BCUT2D eigenvalue weighted by molar-refractivity contribution is 0.694. The van der Waals surface area contributed by atoms with Crippen molar-refractivity contribution in [3.05, 3.63) is 29.6 Å². The van der Waals surface area contributed by atoms with Gasteiger partial charge in [-0.3, -0.25) is 4.98 Å². The second-order valence-corrected chi connectivity index (χ2v) is 2.75. The van der Waals surface area contributed by atoms with Gasteiger partial charge in [-0.2, -0.15) is 0 Å². The van der Waals surface area contributed by atoms with Crippen LogP contribution in [0.1, 0.15) is 30.6 Å². The van der Waals surface area contributed by atoms with Crippen molar-refractivity contribution in [1.82, 2.24) is 4.98 Å². The molecule has 0 aliphatic heterocycles. The molecule has 1 heterocycles. The molecule has 0 fully saturated rings. The minimum atomic E-state index is 0.142. The Morgan fingerprint density at radius 1 is 1.55 bits per heavy atom. The van der Waals surface area contributed by atoms with Crippen molar-refractivity contribution >= 4 is 0 Å². The lowest BCUT2D eigenvalue weighted by Gasteiger charge is -2.07. The fourth-order valence-corrected chi connectivity index (χ4v) is 0.934. The highest BCUT2D eigenvalue weighted by Crippen LogP contribution is 2.11. The fourth-order valence-electron chi connectivity index (χ4n) is 0.934. The van der Waals surface area contributed by atoms with E-state index >= 15 is 0 Å². The normalized spacial score (nSPS) is 13.0. The quantitative estimate of drug-likeness (QED) is 0.698. The summed E-state index contributed by atoms with van der Waals surface area (Å²) < 4.78 is 0. The van der Waals surface area contributed by atoms with Crippen LogP contribution in [0, 0.1) is 6.92 Å². The zero-order chi connectivity index (χ0) is 8.27. The number of aryl methyl sites for hydroxylation is 1. The molecular weight excluding hydrogens is 136 g/mol. The molecule has 1 aromatic rings. The number of nitrogens with two attached hydrogens (primary N) is 1. The van der Waals surface area contributed by atoms with Crippen molar-refractivity contribution in [2.24, 2.45) is 5.73 Å². The first-order valence-corrected chi connectivity index (χ1v) is 3.92. The van der Waals surface area contributed by atoms with Gasteiger partial charge in [-0.05, 0) is 25.0 Å². The lowest BCUT2D eigenvalue weighted by atomic mass is 10.1. The van der Waals surface area contributed by atoms with Crippen LogP contribution in [0.3, 0.4) is 0 Å². The standard InChI is InChI=1S/C9H14N2/c1-3-9(10)8-5-4-7(2)11-6-8/h4-6,9H,3,10H2,1-2H3/t9-/m0/s1. The maximum atomic E-state index is 5.80. The van der Waals surface area contributed by atoms with E-state index in [-0.39, 0.29) is 6.04 Å². The first kappa shape index (κ1) is 8.21. The van der Waals surface area contributed by atoms with Crippen LogP contribution in [-0.4, -0.2) is 4.98 Å². The first-order valence-electron chi connectivity index (χ1n) is 3.92. The minimum Gasteiger partial charge on any atom is -0.324 e. The van der Waals surface area contributed by atoms with Gasteiger partial charge >= 0.3 is 0 Å². The third kappa shape index (κ3) is 2.02. The molecule has 2 nitrogen and oxygen atoms in total. The van der Waals surface area contributed by atoms with Gasteiger partial charge in [-0.1, -0.05) is 13.0 Å². The monoisotopic (exact) mass is 150 g/mol. The predicted molar refractivity (Wildman–Crippen MR) is 46.2 cm³/mol. The van der Waals surface area contributed by atoms with E-state index in [0.717, 1.165) is 17.7 Å². The fraction of sp³-hybridized carbons (Fsp3) is 0.444.